The molecule has 18 heavy (non-hydrogen) atoms. The van der Waals surface area contributed by atoms with Gasteiger partial charge in [0.15, 0.2) is 0 Å². The zero-order chi connectivity index (χ0) is 13.3. The lowest BCUT2D eigenvalue weighted by Gasteiger charge is -2.10. The first-order chi connectivity index (χ1) is 8.39. The molecular weight excluding hydrogens is 254 g/mol. The van der Waals surface area contributed by atoms with Crippen molar-refractivity contribution >= 4 is 10.1 Å². The minimum atomic E-state index is -4.37. The summed E-state index contributed by atoms with van der Waals surface area (Å²) < 4.78 is 32.9. The van der Waals surface area contributed by atoms with Crippen molar-refractivity contribution in [1.29, 1.82) is 0 Å². The van der Waals surface area contributed by atoms with Crippen molar-refractivity contribution in [3.8, 4) is 5.69 Å². The van der Waals surface area contributed by atoms with Crippen molar-refractivity contribution in [2.45, 2.75) is 11.8 Å². The largest absolute Gasteiger partial charge is 0.296 e. The standard InChI is InChI=1S/C12H11NO4S/c1-9-5-6-11(18(15,16)17)10(8-9)13-7-3-2-4-12(13)14/h2-8H,1H3,(H,15,16,17). The molecule has 0 fully saturated rings. The van der Waals surface area contributed by atoms with Gasteiger partial charge in [0.05, 0.1) is 5.69 Å². The van der Waals surface area contributed by atoms with Crippen LogP contribution < -0.4 is 5.56 Å². The highest BCUT2D eigenvalue weighted by atomic mass is 32.2. The molecule has 1 heterocycles. The Morgan fingerprint density at radius 1 is 1.17 bits per heavy atom. The van der Waals surface area contributed by atoms with Crippen LogP contribution >= 0.6 is 0 Å². The molecule has 0 unspecified atom stereocenters. The Balaban J connectivity index is 2.83. The third kappa shape index (κ3) is 2.34. The molecule has 2 aromatic rings. The van der Waals surface area contributed by atoms with E-state index in [1.54, 1.807) is 25.1 Å². The fraction of sp³-hybridized carbons (Fsp3) is 0.0833. The Labute approximate surface area is 104 Å². The molecule has 94 valence electrons. The third-order valence-corrected chi connectivity index (χ3v) is 3.38. The molecule has 1 N–H and O–H groups in total. The molecule has 0 bridgehead atoms. The van der Waals surface area contributed by atoms with Gasteiger partial charge in [-0.2, -0.15) is 8.42 Å². The molecule has 1 aromatic carbocycles. The molecule has 0 aliphatic rings. The van der Waals surface area contributed by atoms with E-state index in [0.29, 0.717) is 0 Å². The van der Waals surface area contributed by atoms with Crippen LogP contribution in [0.1, 0.15) is 5.56 Å². The normalized spacial score (nSPS) is 11.4. The topological polar surface area (TPSA) is 76.4 Å². The van der Waals surface area contributed by atoms with Gasteiger partial charge in [0.25, 0.3) is 15.7 Å². The van der Waals surface area contributed by atoms with Gasteiger partial charge >= 0.3 is 0 Å². The molecule has 2 rings (SSSR count). The van der Waals surface area contributed by atoms with Crippen LogP contribution in [0.2, 0.25) is 0 Å². The molecule has 1 aromatic heterocycles. The van der Waals surface area contributed by atoms with E-state index in [1.165, 1.54) is 29.0 Å². The Morgan fingerprint density at radius 2 is 1.89 bits per heavy atom. The Bertz CT molecular complexity index is 747. The predicted molar refractivity (Wildman–Crippen MR) is 66.6 cm³/mol. The molecule has 0 aliphatic carbocycles. The van der Waals surface area contributed by atoms with E-state index in [4.69, 9.17) is 4.55 Å². The number of aromatic nitrogens is 1. The second kappa shape index (κ2) is 4.40. The van der Waals surface area contributed by atoms with Gasteiger partial charge < -0.3 is 0 Å². The van der Waals surface area contributed by atoms with Gasteiger partial charge in [-0.3, -0.25) is 13.9 Å². The summed E-state index contributed by atoms with van der Waals surface area (Å²) in [6.07, 6.45) is 1.45. The van der Waals surface area contributed by atoms with Gasteiger partial charge in [0.2, 0.25) is 0 Å². The van der Waals surface area contributed by atoms with Gasteiger partial charge in [0.1, 0.15) is 4.90 Å². The van der Waals surface area contributed by atoms with Crippen molar-refractivity contribution in [3.05, 3.63) is 58.5 Å². The van der Waals surface area contributed by atoms with Crippen molar-refractivity contribution in [3.63, 3.8) is 0 Å². The van der Waals surface area contributed by atoms with Crippen LogP contribution in [0.5, 0.6) is 0 Å². The fourth-order valence-electron chi connectivity index (χ4n) is 1.66. The highest BCUT2D eigenvalue weighted by Gasteiger charge is 2.17. The Hall–Kier alpha value is -1.92. The molecule has 0 spiro atoms. The van der Waals surface area contributed by atoms with Gasteiger partial charge in [-0.05, 0) is 30.7 Å². The van der Waals surface area contributed by atoms with E-state index in [0.717, 1.165) is 5.56 Å². The van der Waals surface area contributed by atoms with Crippen molar-refractivity contribution in [2.75, 3.05) is 0 Å². The highest BCUT2D eigenvalue weighted by Crippen LogP contribution is 2.20. The molecular formula is C12H11NO4S. The van der Waals surface area contributed by atoms with E-state index in [-0.39, 0.29) is 16.1 Å². The van der Waals surface area contributed by atoms with Crippen molar-refractivity contribution in [2.24, 2.45) is 0 Å². The average Bonchev–Trinajstić information content (AvgIpc) is 2.27. The summed E-state index contributed by atoms with van der Waals surface area (Å²) >= 11 is 0. The maximum Gasteiger partial charge on any atom is 0.296 e. The van der Waals surface area contributed by atoms with Crippen LogP contribution in [0.4, 0.5) is 0 Å². The summed E-state index contributed by atoms with van der Waals surface area (Å²) in [4.78, 5) is 11.4. The second-order valence-corrected chi connectivity index (χ2v) is 5.25. The Kier molecular flexibility index (Phi) is 3.06. The van der Waals surface area contributed by atoms with Crippen molar-refractivity contribution in [1.82, 2.24) is 4.57 Å². The summed E-state index contributed by atoms with van der Waals surface area (Å²) in [6, 6.07) is 8.85. The minimum absolute atomic E-state index is 0.142. The summed E-state index contributed by atoms with van der Waals surface area (Å²) in [5, 5.41) is 0. The first-order valence-electron chi connectivity index (χ1n) is 5.16. The van der Waals surface area contributed by atoms with Gasteiger partial charge in [-0.25, -0.2) is 0 Å². The number of hydrogen-bond donors (Lipinski definition) is 1. The minimum Gasteiger partial charge on any atom is -0.283 e. The SMILES string of the molecule is Cc1ccc(S(=O)(=O)O)c(-n2ccccc2=O)c1. The van der Waals surface area contributed by atoms with Crippen molar-refractivity contribution < 1.29 is 13.0 Å². The van der Waals surface area contributed by atoms with Gasteiger partial charge in [-0.1, -0.05) is 12.1 Å². The number of nitrogens with zero attached hydrogens (tertiary/aromatic N) is 1. The molecule has 0 saturated carbocycles. The fourth-order valence-corrected chi connectivity index (χ4v) is 2.32. The molecule has 5 nitrogen and oxygen atoms in total. The first-order valence-corrected chi connectivity index (χ1v) is 6.60. The van der Waals surface area contributed by atoms with E-state index >= 15 is 0 Å². The van der Waals surface area contributed by atoms with Crippen LogP contribution in [0.15, 0.2) is 52.3 Å². The van der Waals surface area contributed by atoms with Gasteiger partial charge in [-0.15, -0.1) is 0 Å². The predicted octanol–water partition coefficient (Wildman–Crippen LogP) is 1.39. The summed E-state index contributed by atoms with van der Waals surface area (Å²) in [5.74, 6) is 0. The monoisotopic (exact) mass is 265 g/mol. The number of aryl methyl sites for hydroxylation is 1. The highest BCUT2D eigenvalue weighted by molar-refractivity contribution is 7.86. The zero-order valence-electron chi connectivity index (χ0n) is 9.57. The third-order valence-electron chi connectivity index (χ3n) is 2.47. The number of pyridine rings is 1. The van der Waals surface area contributed by atoms with Crippen LogP contribution in [0.25, 0.3) is 5.69 Å². The maximum atomic E-state index is 11.7. The summed E-state index contributed by atoms with van der Waals surface area (Å²) in [5.41, 5.74) is 0.559. The average molecular weight is 265 g/mol. The van der Waals surface area contributed by atoms with E-state index in [1.807, 2.05) is 0 Å². The molecule has 6 heteroatoms. The smallest absolute Gasteiger partial charge is 0.283 e. The number of rotatable bonds is 2. The number of benzene rings is 1. The van der Waals surface area contributed by atoms with Crippen LogP contribution in [0, 0.1) is 6.92 Å². The molecule has 0 atom stereocenters. The lowest BCUT2D eigenvalue weighted by Crippen LogP contribution is -2.18. The Morgan fingerprint density at radius 3 is 2.50 bits per heavy atom. The lowest BCUT2D eigenvalue weighted by molar-refractivity contribution is 0.482. The summed E-state index contributed by atoms with van der Waals surface area (Å²) in [6.45, 7) is 1.77. The lowest BCUT2D eigenvalue weighted by atomic mass is 10.2. The van der Waals surface area contributed by atoms with Gasteiger partial charge in [0, 0.05) is 12.3 Å². The van der Waals surface area contributed by atoms with Crippen LogP contribution in [-0.2, 0) is 10.1 Å². The molecule has 0 aliphatic heterocycles. The maximum absolute atomic E-state index is 11.7. The molecule has 0 saturated heterocycles. The van der Waals surface area contributed by atoms with E-state index < -0.39 is 10.1 Å². The van der Waals surface area contributed by atoms with E-state index in [9.17, 15) is 13.2 Å². The first kappa shape index (κ1) is 12.5. The number of hydrogen-bond acceptors (Lipinski definition) is 3. The van der Waals surface area contributed by atoms with Crippen LogP contribution in [0.3, 0.4) is 0 Å². The zero-order valence-corrected chi connectivity index (χ0v) is 10.4. The molecule has 0 radical (unpaired) electrons. The van der Waals surface area contributed by atoms with E-state index in [2.05, 4.69) is 0 Å². The molecule has 0 amide bonds. The summed E-state index contributed by atoms with van der Waals surface area (Å²) in [7, 11) is -4.37. The van der Waals surface area contributed by atoms with Crippen LogP contribution in [-0.4, -0.2) is 17.5 Å². The quantitative estimate of drug-likeness (QED) is 0.832. The second-order valence-electron chi connectivity index (χ2n) is 3.86.